The van der Waals surface area contributed by atoms with Crippen LogP contribution in [-0.4, -0.2) is 17.1 Å². The fraction of sp³-hybridized carbons (Fsp3) is 0.148. The summed E-state index contributed by atoms with van der Waals surface area (Å²) in [5, 5.41) is 13.3. The van der Waals surface area contributed by atoms with Crippen LogP contribution in [0.4, 0.5) is 11.4 Å². The number of carbonyl (C=O) groups excluding carboxylic acids is 2. The number of hydrogen-bond donors (Lipinski definition) is 1. The van der Waals surface area contributed by atoms with E-state index in [2.05, 4.69) is 5.32 Å². The Morgan fingerprint density at radius 3 is 2.44 bits per heavy atom. The summed E-state index contributed by atoms with van der Waals surface area (Å²) in [7, 11) is 0. The topological polar surface area (TPSA) is 73.2 Å². The van der Waals surface area contributed by atoms with Gasteiger partial charge < -0.3 is 5.32 Å². The third kappa shape index (κ3) is 4.86. The highest BCUT2D eigenvalue weighted by atomic mass is 35.5. The van der Waals surface area contributed by atoms with Crippen molar-refractivity contribution < 1.29 is 9.59 Å². The molecule has 3 aromatic rings. The summed E-state index contributed by atoms with van der Waals surface area (Å²) in [6.07, 6.45) is 0.425. The highest BCUT2D eigenvalue weighted by Crippen LogP contribution is 2.43. The van der Waals surface area contributed by atoms with E-state index in [0.29, 0.717) is 27.8 Å². The molecule has 0 aromatic heterocycles. The predicted octanol–water partition coefficient (Wildman–Crippen LogP) is 6.02. The van der Waals surface area contributed by atoms with Crippen molar-refractivity contribution in [3.8, 4) is 6.07 Å². The minimum absolute atomic E-state index is 0.0987. The molecule has 34 heavy (non-hydrogen) atoms. The van der Waals surface area contributed by atoms with Crippen molar-refractivity contribution in [2.75, 3.05) is 10.2 Å². The molecule has 7 heteroatoms. The van der Waals surface area contributed by atoms with Crippen LogP contribution in [0.5, 0.6) is 0 Å². The van der Waals surface area contributed by atoms with Gasteiger partial charge in [-0.05, 0) is 61.2 Å². The number of thioether (sulfide) groups is 1. The Labute approximate surface area is 208 Å². The Bertz CT molecular complexity index is 1350. The van der Waals surface area contributed by atoms with Crippen LogP contribution < -0.4 is 10.2 Å². The maximum absolute atomic E-state index is 13.6. The Balaban J connectivity index is 1.76. The predicted molar refractivity (Wildman–Crippen MR) is 138 cm³/mol. The van der Waals surface area contributed by atoms with Gasteiger partial charge in [-0.3, -0.25) is 14.5 Å². The average molecular weight is 488 g/mol. The second-order valence-corrected chi connectivity index (χ2v) is 9.59. The van der Waals surface area contributed by atoms with E-state index >= 15 is 0 Å². The minimum atomic E-state index is -0.547. The smallest absolute Gasteiger partial charge is 0.269 e. The number of carbonyl (C=O) groups is 2. The highest BCUT2D eigenvalue weighted by molar-refractivity contribution is 8.05. The zero-order valence-electron chi connectivity index (χ0n) is 18.7. The quantitative estimate of drug-likeness (QED) is 0.352. The third-order valence-corrected chi connectivity index (χ3v) is 7.06. The molecule has 1 aliphatic heterocycles. The normalized spacial score (nSPS) is 16.8. The Morgan fingerprint density at radius 2 is 1.76 bits per heavy atom. The lowest BCUT2D eigenvalue weighted by Crippen LogP contribution is -2.31. The number of benzene rings is 3. The summed E-state index contributed by atoms with van der Waals surface area (Å²) in [5.74, 6) is -0.722. The number of halogens is 1. The molecule has 1 unspecified atom stereocenters. The third-order valence-electron chi connectivity index (χ3n) is 5.57. The molecule has 4 rings (SSSR count). The molecule has 0 saturated carbocycles. The zero-order chi connectivity index (χ0) is 24.2. The van der Waals surface area contributed by atoms with Crippen LogP contribution in [0.25, 0.3) is 0 Å². The summed E-state index contributed by atoms with van der Waals surface area (Å²) >= 11 is 7.37. The van der Waals surface area contributed by atoms with Gasteiger partial charge in [0.2, 0.25) is 5.91 Å². The lowest BCUT2D eigenvalue weighted by molar-refractivity contribution is -0.117. The van der Waals surface area contributed by atoms with Gasteiger partial charge in [-0.25, -0.2) is 0 Å². The first-order valence-corrected chi connectivity index (χ1v) is 12.0. The van der Waals surface area contributed by atoms with Crippen molar-refractivity contribution in [3.05, 3.63) is 105 Å². The molecule has 1 fully saturated rings. The van der Waals surface area contributed by atoms with E-state index in [9.17, 15) is 14.9 Å². The molecule has 0 radical (unpaired) electrons. The fourth-order valence-corrected chi connectivity index (χ4v) is 5.31. The van der Waals surface area contributed by atoms with E-state index in [1.165, 1.54) is 16.7 Å². The zero-order valence-corrected chi connectivity index (χ0v) is 20.3. The molecular formula is C27H22ClN3O2S. The van der Waals surface area contributed by atoms with Gasteiger partial charge in [0.1, 0.15) is 16.7 Å². The van der Waals surface area contributed by atoms with Crippen molar-refractivity contribution in [3.63, 3.8) is 0 Å². The average Bonchev–Trinajstić information content (AvgIpc) is 3.11. The van der Waals surface area contributed by atoms with E-state index < -0.39 is 11.2 Å². The molecule has 170 valence electrons. The summed E-state index contributed by atoms with van der Waals surface area (Å²) in [6.45, 7) is 3.78. The van der Waals surface area contributed by atoms with Crippen molar-refractivity contribution >= 4 is 46.6 Å². The fourth-order valence-electron chi connectivity index (χ4n) is 3.80. The van der Waals surface area contributed by atoms with Crippen LogP contribution in [0.15, 0.2) is 83.4 Å². The maximum atomic E-state index is 13.6. The highest BCUT2D eigenvalue weighted by Gasteiger charge is 2.41. The molecule has 1 N–H and O–H groups in total. The second kappa shape index (κ2) is 10.2. The van der Waals surface area contributed by atoms with Crippen molar-refractivity contribution in [2.24, 2.45) is 0 Å². The van der Waals surface area contributed by atoms with Gasteiger partial charge in [0.25, 0.3) is 5.91 Å². The van der Waals surface area contributed by atoms with Gasteiger partial charge in [0.15, 0.2) is 0 Å². The van der Waals surface area contributed by atoms with Gasteiger partial charge in [-0.2, -0.15) is 5.26 Å². The van der Waals surface area contributed by atoms with Crippen LogP contribution in [0.1, 0.15) is 16.7 Å². The maximum Gasteiger partial charge on any atom is 0.269 e. The van der Waals surface area contributed by atoms with Crippen molar-refractivity contribution in [1.82, 2.24) is 0 Å². The molecule has 3 aromatic carbocycles. The van der Waals surface area contributed by atoms with Crippen LogP contribution in [-0.2, 0) is 16.0 Å². The lowest BCUT2D eigenvalue weighted by atomic mass is 10.1. The molecule has 1 atom stereocenters. The number of nitrogens with one attached hydrogen (secondary N) is 1. The standard InChI is InChI=1S/C27H22ClN3O2S/c1-17-8-3-5-12-22(17)30-25(32)21(16-29)27-31(23-13-6-4-9-18(23)2)26(33)24(34-27)15-19-10-7-11-20(28)14-19/h3-14,24H,15H2,1-2H3,(H,30,32). The summed E-state index contributed by atoms with van der Waals surface area (Å²) in [6, 6.07) is 24.2. The number of amides is 2. The Kier molecular flexibility index (Phi) is 7.06. The van der Waals surface area contributed by atoms with Crippen molar-refractivity contribution in [2.45, 2.75) is 25.5 Å². The molecule has 1 aliphatic rings. The molecule has 0 bridgehead atoms. The van der Waals surface area contributed by atoms with E-state index in [4.69, 9.17) is 11.6 Å². The Morgan fingerprint density at radius 1 is 1.06 bits per heavy atom. The largest absolute Gasteiger partial charge is 0.321 e. The second-order valence-electron chi connectivity index (χ2n) is 7.96. The molecule has 0 aliphatic carbocycles. The first kappa shape index (κ1) is 23.6. The number of nitriles is 1. The number of aryl methyl sites for hydroxylation is 2. The van der Waals surface area contributed by atoms with Crippen LogP contribution in [0.2, 0.25) is 5.02 Å². The summed E-state index contributed by atoms with van der Waals surface area (Å²) in [4.78, 5) is 28.3. The van der Waals surface area contributed by atoms with Crippen LogP contribution >= 0.6 is 23.4 Å². The molecule has 0 spiro atoms. The van der Waals surface area contributed by atoms with Crippen LogP contribution in [0.3, 0.4) is 0 Å². The van der Waals surface area contributed by atoms with E-state index in [1.54, 1.807) is 12.1 Å². The molecule has 1 heterocycles. The number of anilines is 2. The van der Waals surface area contributed by atoms with E-state index in [1.807, 2.05) is 80.6 Å². The lowest BCUT2D eigenvalue weighted by Gasteiger charge is -2.20. The number of nitrogens with zero attached hydrogens (tertiary/aromatic N) is 2. The first-order chi connectivity index (χ1) is 16.4. The van der Waals surface area contributed by atoms with Gasteiger partial charge in [0, 0.05) is 10.7 Å². The molecule has 2 amide bonds. The van der Waals surface area contributed by atoms with Crippen LogP contribution in [0, 0.1) is 25.2 Å². The Hall–Kier alpha value is -3.53. The van der Waals surface area contributed by atoms with Gasteiger partial charge in [-0.1, -0.05) is 71.9 Å². The number of rotatable bonds is 5. The van der Waals surface area contributed by atoms with Crippen molar-refractivity contribution in [1.29, 1.82) is 5.26 Å². The minimum Gasteiger partial charge on any atom is -0.321 e. The SMILES string of the molecule is Cc1ccccc1NC(=O)C(C#N)=C1SC(Cc2cccc(Cl)c2)C(=O)N1c1ccccc1C. The first-order valence-electron chi connectivity index (χ1n) is 10.7. The number of hydrogen-bond acceptors (Lipinski definition) is 4. The summed E-state index contributed by atoms with van der Waals surface area (Å²) < 4.78 is 0. The molecule has 5 nitrogen and oxygen atoms in total. The van der Waals surface area contributed by atoms with Gasteiger partial charge in [0.05, 0.1) is 10.9 Å². The van der Waals surface area contributed by atoms with E-state index in [-0.39, 0.29) is 11.5 Å². The van der Waals surface area contributed by atoms with Gasteiger partial charge >= 0.3 is 0 Å². The molecule has 1 saturated heterocycles. The monoisotopic (exact) mass is 487 g/mol. The van der Waals surface area contributed by atoms with E-state index in [0.717, 1.165) is 16.7 Å². The number of para-hydroxylation sites is 2. The summed E-state index contributed by atoms with van der Waals surface area (Å²) in [5.41, 5.74) is 3.83. The molecular weight excluding hydrogens is 466 g/mol. The van der Waals surface area contributed by atoms with Gasteiger partial charge in [-0.15, -0.1) is 0 Å².